The fourth-order valence-electron chi connectivity index (χ4n) is 3.84. The van der Waals surface area contributed by atoms with E-state index in [-0.39, 0.29) is 24.0 Å². The van der Waals surface area contributed by atoms with Crippen LogP contribution in [0.1, 0.15) is 65.2 Å². The zero-order valence-corrected chi connectivity index (χ0v) is 12.5. The van der Waals surface area contributed by atoms with Crippen molar-refractivity contribution >= 4 is 5.91 Å². The van der Waals surface area contributed by atoms with Gasteiger partial charge in [0.05, 0.1) is 12.1 Å². The summed E-state index contributed by atoms with van der Waals surface area (Å²) in [6.07, 6.45) is 8.57. The van der Waals surface area contributed by atoms with Crippen LogP contribution < -0.4 is 5.32 Å². The molecule has 0 aromatic rings. The molecule has 110 valence electrons. The lowest BCUT2D eigenvalue weighted by Gasteiger charge is -2.40. The Kier molecular flexibility index (Phi) is 4.88. The standard InChI is InChI=1S/C16H29NO2/c1-12-5-7-14(8-6-12)15(19)17-16(11-18)9-3-4-13(2)10-16/h12-14,18H,3-11H2,1-2H3,(H,17,19). The largest absolute Gasteiger partial charge is 0.394 e. The second kappa shape index (κ2) is 6.25. The number of carbonyl (C=O) groups is 1. The normalized spacial score (nSPS) is 39.8. The lowest BCUT2D eigenvalue weighted by atomic mass is 9.76. The molecule has 2 aliphatic carbocycles. The van der Waals surface area contributed by atoms with Crippen molar-refractivity contribution in [1.82, 2.24) is 5.32 Å². The Labute approximate surface area is 117 Å². The molecule has 2 unspecified atom stereocenters. The van der Waals surface area contributed by atoms with Gasteiger partial charge in [-0.05, 0) is 50.4 Å². The Morgan fingerprint density at radius 1 is 1.16 bits per heavy atom. The number of aliphatic hydroxyl groups excluding tert-OH is 1. The van der Waals surface area contributed by atoms with Crippen molar-refractivity contribution in [2.75, 3.05) is 6.61 Å². The molecule has 0 spiro atoms. The van der Waals surface area contributed by atoms with Gasteiger partial charge in [-0.2, -0.15) is 0 Å². The van der Waals surface area contributed by atoms with E-state index in [1.807, 2.05) is 0 Å². The van der Waals surface area contributed by atoms with E-state index in [0.717, 1.165) is 38.0 Å². The van der Waals surface area contributed by atoms with Crippen LogP contribution in [0.2, 0.25) is 0 Å². The minimum atomic E-state index is -0.336. The Hall–Kier alpha value is -0.570. The van der Waals surface area contributed by atoms with E-state index in [2.05, 4.69) is 19.2 Å². The first-order chi connectivity index (χ1) is 9.04. The van der Waals surface area contributed by atoms with Crippen LogP contribution in [-0.2, 0) is 4.79 Å². The van der Waals surface area contributed by atoms with E-state index >= 15 is 0 Å². The summed E-state index contributed by atoms with van der Waals surface area (Å²) < 4.78 is 0. The SMILES string of the molecule is CC1CCC(C(=O)NC2(CO)CCCC(C)C2)CC1. The minimum absolute atomic E-state index is 0.0895. The summed E-state index contributed by atoms with van der Waals surface area (Å²) in [6, 6.07) is 0. The number of amides is 1. The third-order valence-electron chi connectivity index (χ3n) is 5.17. The number of hydrogen-bond acceptors (Lipinski definition) is 2. The molecule has 0 aliphatic heterocycles. The van der Waals surface area contributed by atoms with Crippen LogP contribution in [0.15, 0.2) is 0 Å². The number of nitrogens with one attached hydrogen (secondary N) is 1. The second-order valence-electron chi connectivity index (χ2n) is 7.09. The molecule has 0 aromatic carbocycles. The summed E-state index contributed by atoms with van der Waals surface area (Å²) in [5.41, 5.74) is -0.336. The van der Waals surface area contributed by atoms with Crippen molar-refractivity contribution in [3.05, 3.63) is 0 Å². The van der Waals surface area contributed by atoms with Crippen molar-refractivity contribution in [1.29, 1.82) is 0 Å². The van der Waals surface area contributed by atoms with Gasteiger partial charge in [0.2, 0.25) is 5.91 Å². The molecule has 2 aliphatic rings. The summed E-state index contributed by atoms with van der Waals surface area (Å²) >= 11 is 0. The van der Waals surface area contributed by atoms with Crippen LogP contribution in [0.5, 0.6) is 0 Å². The Bertz CT molecular complexity index is 310. The molecule has 0 saturated heterocycles. The van der Waals surface area contributed by atoms with E-state index < -0.39 is 0 Å². The average molecular weight is 267 g/mol. The molecule has 2 N–H and O–H groups in total. The Balaban J connectivity index is 1.92. The highest BCUT2D eigenvalue weighted by molar-refractivity contribution is 5.79. The summed E-state index contributed by atoms with van der Waals surface area (Å²) in [4.78, 5) is 12.4. The van der Waals surface area contributed by atoms with Crippen molar-refractivity contribution < 1.29 is 9.90 Å². The molecule has 19 heavy (non-hydrogen) atoms. The number of carbonyl (C=O) groups excluding carboxylic acids is 1. The van der Waals surface area contributed by atoms with E-state index in [1.54, 1.807) is 0 Å². The summed E-state index contributed by atoms with van der Waals surface area (Å²) in [5, 5.41) is 12.9. The summed E-state index contributed by atoms with van der Waals surface area (Å²) in [6.45, 7) is 4.58. The summed E-state index contributed by atoms with van der Waals surface area (Å²) in [5.74, 6) is 1.74. The molecule has 2 saturated carbocycles. The highest BCUT2D eigenvalue weighted by Gasteiger charge is 2.37. The predicted octanol–water partition coefficient (Wildman–Crippen LogP) is 2.87. The van der Waals surface area contributed by atoms with Crippen molar-refractivity contribution in [3.8, 4) is 0 Å². The van der Waals surface area contributed by atoms with Gasteiger partial charge in [0.25, 0.3) is 0 Å². The van der Waals surface area contributed by atoms with Crippen molar-refractivity contribution in [2.24, 2.45) is 17.8 Å². The number of rotatable bonds is 3. The third-order valence-corrected chi connectivity index (χ3v) is 5.17. The molecule has 2 atom stereocenters. The van der Waals surface area contributed by atoms with Gasteiger partial charge < -0.3 is 10.4 Å². The van der Waals surface area contributed by atoms with E-state index in [0.29, 0.717) is 5.92 Å². The smallest absolute Gasteiger partial charge is 0.223 e. The molecular formula is C16H29NO2. The van der Waals surface area contributed by atoms with Crippen LogP contribution in [0, 0.1) is 17.8 Å². The van der Waals surface area contributed by atoms with Gasteiger partial charge in [0.15, 0.2) is 0 Å². The lowest BCUT2D eigenvalue weighted by molar-refractivity contribution is -0.129. The minimum Gasteiger partial charge on any atom is -0.394 e. The first-order valence-electron chi connectivity index (χ1n) is 7.97. The van der Waals surface area contributed by atoms with E-state index in [1.165, 1.54) is 19.3 Å². The molecule has 3 heteroatoms. The maximum absolute atomic E-state index is 12.4. The molecule has 2 fully saturated rings. The first kappa shape index (κ1) is 14.8. The second-order valence-corrected chi connectivity index (χ2v) is 7.09. The molecular weight excluding hydrogens is 238 g/mol. The highest BCUT2D eigenvalue weighted by Crippen LogP contribution is 2.34. The number of hydrogen-bond donors (Lipinski definition) is 2. The van der Waals surface area contributed by atoms with E-state index in [4.69, 9.17) is 0 Å². The van der Waals surface area contributed by atoms with Gasteiger partial charge in [0.1, 0.15) is 0 Å². The lowest BCUT2D eigenvalue weighted by Crippen LogP contribution is -2.55. The molecule has 0 heterocycles. The van der Waals surface area contributed by atoms with Gasteiger partial charge in [0, 0.05) is 5.92 Å². The van der Waals surface area contributed by atoms with Crippen molar-refractivity contribution in [2.45, 2.75) is 70.8 Å². The number of aliphatic hydroxyl groups is 1. The van der Waals surface area contributed by atoms with Crippen LogP contribution in [-0.4, -0.2) is 23.2 Å². The van der Waals surface area contributed by atoms with Crippen LogP contribution in [0.3, 0.4) is 0 Å². The van der Waals surface area contributed by atoms with Gasteiger partial charge in [-0.15, -0.1) is 0 Å². The molecule has 0 aromatic heterocycles. The third kappa shape index (κ3) is 3.71. The highest BCUT2D eigenvalue weighted by atomic mass is 16.3. The van der Waals surface area contributed by atoms with Crippen LogP contribution >= 0.6 is 0 Å². The Morgan fingerprint density at radius 3 is 2.42 bits per heavy atom. The zero-order chi connectivity index (χ0) is 13.9. The monoisotopic (exact) mass is 267 g/mol. The Morgan fingerprint density at radius 2 is 1.84 bits per heavy atom. The predicted molar refractivity (Wildman–Crippen MR) is 76.7 cm³/mol. The average Bonchev–Trinajstić information content (AvgIpc) is 2.39. The topological polar surface area (TPSA) is 49.3 Å². The maximum atomic E-state index is 12.4. The van der Waals surface area contributed by atoms with Gasteiger partial charge in [-0.3, -0.25) is 4.79 Å². The van der Waals surface area contributed by atoms with Crippen molar-refractivity contribution in [3.63, 3.8) is 0 Å². The fourth-order valence-corrected chi connectivity index (χ4v) is 3.84. The van der Waals surface area contributed by atoms with Crippen LogP contribution in [0.4, 0.5) is 0 Å². The molecule has 2 rings (SSSR count). The van der Waals surface area contributed by atoms with E-state index in [9.17, 15) is 9.90 Å². The zero-order valence-electron chi connectivity index (χ0n) is 12.5. The van der Waals surface area contributed by atoms with Gasteiger partial charge in [-0.1, -0.05) is 26.7 Å². The van der Waals surface area contributed by atoms with Gasteiger partial charge >= 0.3 is 0 Å². The van der Waals surface area contributed by atoms with Gasteiger partial charge in [-0.25, -0.2) is 0 Å². The fraction of sp³-hybridized carbons (Fsp3) is 0.938. The maximum Gasteiger partial charge on any atom is 0.223 e. The molecule has 0 bridgehead atoms. The summed E-state index contributed by atoms with van der Waals surface area (Å²) in [7, 11) is 0. The molecule has 1 amide bonds. The van der Waals surface area contributed by atoms with Crippen LogP contribution in [0.25, 0.3) is 0 Å². The molecule has 3 nitrogen and oxygen atoms in total. The quantitative estimate of drug-likeness (QED) is 0.826. The first-order valence-corrected chi connectivity index (χ1v) is 7.97. The molecule has 0 radical (unpaired) electrons.